The molecule has 1 aliphatic rings. The summed E-state index contributed by atoms with van der Waals surface area (Å²) in [5.74, 6) is 0.679. The number of anilines is 1. The molecule has 0 aliphatic carbocycles. The Morgan fingerprint density at radius 2 is 1.50 bits per heavy atom. The number of nitrogens with one attached hydrogen (secondary N) is 1. The predicted octanol–water partition coefficient (Wildman–Crippen LogP) is 1.60. The summed E-state index contributed by atoms with van der Waals surface area (Å²) in [5, 5.41) is 5.57. The highest BCUT2D eigenvalue weighted by atomic mass is 15.1. The second-order valence-corrected chi connectivity index (χ2v) is 6.33. The van der Waals surface area contributed by atoms with E-state index in [4.69, 9.17) is 11.5 Å². The smallest absolute Gasteiger partial charge is 0.105 e. The SMILES string of the molecule is CC1=c2c(N)cccc2=C(N)NC1(C)c1c(C)cccc1C. The van der Waals surface area contributed by atoms with Gasteiger partial charge in [-0.1, -0.05) is 30.3 Å². The van der Waals surface area contributed by atoms with Crippen molar-refractivity contribution in [3.63, 3.8) is 0 Å². The van der Waals surface area contributed by atoms with Crippen LogP contribution in [0.15, 0.2) is 36.4 Å². The molecule has 0 radical (unpaired) electrons. The van der Waals surface area contributed by atoms with Crippen LogP contribution in [0.5, 0.6) is 0 Å². The molecule has 0 saturated heterocycles. The highest BCUT2D eigenvalue weighted by Crippen LogP contribution is 2.35. The van der Waals surface area contributed by atoms with E-state index in [9.17, 15) is 0 Å². The van der Waals surface area contributed by atoms with E-state index in [1.54, 1.807) is 0 Å². The number of fused-ring (bicyclic) bond motifs is 1. The molecule has 114 valence electrons. The zero-order chi connectivity index (χ0) is 16.1. The van der Waals surface area contributed by atoms with Crippen LogP contribution < -0.4 is 27.2 Å². The van der Waals surface area contributed by atoms with Gasteiger partial charge in [-0.2, -0.15) is 0 Å². The molecule has 1 atom stereocenters. The Kier molecular flexibility index (Phi) is 3.17. The van der Waals surface area contributed by atoms with E-state index in [0.717, 1.165) is 16.1 Å². The summed E-state index contributed by atoms with van der Waals surface area (Å²) < 4.78 is 0. The molecule has 0 aromatic heterocycles. The first-order valence-corrected chi connectivity index (χ1v) is 7.57. The minimum absolute atomic E-state index is 0.359. The molecule has 3 heteroatoms. The van der Waals surface area contributed by atoms with Gasteiger partial charge in [0.1, 0.15) is 5.82 Å². The van der Waals surface area contributed by atoms with Crippen LogP contribution in [0.1, 0.15) is 30.5 Å². The maximum absolute atomic E-state index is 6.33. The molecule has 2 aromatic carbocycles. The molecule has 0 spiro atoms. The highest BCUT2D eigenvalue weighted by molar-refractivity contribution is 5.70. The lowest BCUT2D eigenvalue weighted by Gasteiger charge is -2.38. The molecule has 2 aromatic rings. The Morgan fingerprint density at radius 3 is 2.14 bits per heavy atom. The quantitative estimate of drug-likeness (QED) is 0.700. The Labute approximate surface area is 131 Å². The highest BCUT2D eigenvalue weighted by Gasteiger charge is 2.34. The molecule has 3 rings (SSSR count). The van der Waals surface area contributed by atoms with Gasteiger partial charge >= 0.3 is 0 Å². The third-order valence-corrected chi connectivity index (χ3v) is 4.88. The minimum atomic E-state index is -0.359. The molecule has 0 saturated carbocycles. The van der Waals surface area contributed by atoms with Crippen molar-refractivity contribution in [1.82, 2.24) is 5.32 Å². The van der Waals surface area contributed by atoms with Crippen molar-refractivity contribution in [3.05, 3.63) is 63.5 Å². The standard InChI is InChI=1S/C19H23N3/c1-11-7-5-8-12(2)17(11)19(4)13(3)16-14(18(21)22-19)9-6-10-15(16)20/h5-10,22H,20-21H2,1-4H3. The summed E-state index contributed by atoms with van der Waals surface area (Å²) >= 11 is 0. The van der Waals surface area contributed by atoms with Crippen molar-refractivity contribution in [2.24, 2.45) is 5.73 Å². The van der Waals surface area contributed by atoms with Crippen LogP contribution in [0.2, 0.25) is 0 Å². The number of benzene rings is 2. The maximum Gasteiger partial charge on any atom is 0.105 e. The lowest BCUT2D eigenvalue weighted by atomic mass is 9.77. The average Bonchev–Trinajstić information content (AvgIpc) is 2.44. The maximum atomic E-state index is 6.33. The summed E-state index contributed by atoms with van der Waals surface area (Å²) in [5.41, 5.74) is 18.0. The van der Waals surface area contributed by atoms with Gasteiger partial charge in [0.2, 0.25) is 0 Å². The third kappa shape index (κ3) is 1.89. The molecule has 0 amide bonds. The van der Waals surface area contributed by atoms with Crippen molar-refractivity contribution >= 4 is 17.1 Å². The molecule has 22 heavy (non-hydrogen) atoms. The van der Waals surface area contributed by atoms with Gasteiger partial charge in [-0.15, -0.1) is 0 Å². The predicted molar refractivity (Wildman–Crippen MR) is 93.2 cm³/mol. The minimum Gasteiger partial charge on any atom is -0.398 e. The van der Waals surface area contributed by atoms with Gasteiger partial charge in [0.05, 0.1) is 5.54 Å². The monoisotopic (exact) mass is 293 g/mol. The number of nitrogen functional groups attached to an aromatic ring is 1. The molecule has 3 nitrogen and oxygen atoms in total. The number of hydrogen-bond acceptors (Lipinski definition) is 3. The van der Waals surface area contributed by atoms with E-state index in [1.165, 1.54) is 22.3 Å². The molecular weight excluding hydrogens is 270 g/mol. The largest absolute Gasteiger partial charge is 0.398 e. The fourth-order valence-corrected chi connectivity index (χ4v) is 3.75. The fraction of sp³-hybridized carbons (Fsp3) is 0.263. The lowest BCUT2D eigenvalue weighted by molar-refractivity contribution is 0.533. The van der Waals surface area contributed by atoms with Gasteiger partial charge in [0.15, 0.2) is 0 Å². The molecule has 5 N–H and O–H groups in total. The molecule has 1 unspecified atom stereocenters. The summed E-state index contributed by atoms with van der Waals surface area (Å²) in [6, 6.07) is 12.3. The number of hydrogen-bond donors (Lipinski definition) is 3. The molecular formula is C19H23N3. The van der Waals surface area contributed by atoms with Gasteiger partial charge in [-0.05, 0) is 56.0 Å². The van der Waals surface area contributed by atoms with Gasteiger partial charge in [-0.25, -0.2) is 0 Å². The molecule has 1 heterocycles. The van der Waals surface area contributed by atoms with Crippen LogP contribution in [0.3, 0.4) is 0 Å². The van der Waals surface area contributed by atoms with Crippen molar-refractivity contribution in [1.29, 1.82) is 0 Å². The van der Waals surface area contributed by atoms with Crippen LogP contribution in [-0.2, 0) is 5.54 Å². The van der Waals surface area contributed by atoms with E-state index in [0.29, 0.717) is 5.82 Å². The first-order chi connectivity index (χ1) is 10.4. The van der Waals surface area contributed by atoms with Crippen molar-refractivity contribution in [2.45, 2.75) is 33.2 Å². The first-order valence-electron chi connectivity index (χ1n) is 7.57. The van der Waals surface area contributed by atoms with E-state index in [1.807, 2.05) is 18.2 Å². The van der Waals surface area contributed by atoms with Crippen LogP contribution in [0, 0.1) is 13.8 Å². The Hall–Kier alpha value is -2.42. The van der Waals surface area contributed by atoms with Crippen LogP contribution in [0.25, 0.3) is 11.4 Å². The Morgan fingerprint density at radius 1 is 0.909 bits per heavy atom. The molecule has 0 bridgehead atoms. The Balaban J connectivity index is 2.43. The van der Waals surface area contributed by atoms with Gasteiger partial charge in [0.25, 0.3) is 0 Å². The number of nitrogens with two attached hydrogens (primary N) is 2. The molecule has 0 fully saturated rings. The van der Waals surface area contributed by atoms with Gasteiger partial charge in [-0.3, -0.25) is 0 Å². The van der Waals surface area contributed by atoms with Crippen LogP contribution in [-0.4, -0.2) is 0 Å². The zero-order valence-corrected chi connectivity index (χ0v) is 13.6. The van der Waals surface area contributed by atoms with Crippen molar-refractivity contribution in [3.8, 4) is 0 Å². The lowest BCUT2D eigenvalue weighted by Crippen LogP contribution is -2.54. The van der Waals surface area contributed by atoms with Gasteiger partial charge < -0.3 is 16.8 Å². The van der Waals surface area contributed by atoms with Crippen LogP contribution >= 0.6 is 0 Å². The number of aryl methyl sites for hydroxylation is 2. The second kappa shape index (κ2) is 4.80. The van der Waals surface area contributed by atoms with E-state index in [2.05, 4.69) is 51.2 Å². The normalized spacial score (nSPS) is 20.5. The van der Waals surface area contributed by atoms with Crippen LogP contribution in [0.4, 0.5) is 5.69 Å². The summed E-state index contributed by atoms with van der Waals surface area (Å²) in [7, 11) is 0. The summed E-state index contributed by atoms with van der Waals surface area (Å²) in [6.45, 7) is 8.60. The number of rotatable bonds is 1. The first kappa shape index (κ1) is 14.5. The third-order valence-electron chi connectivity index (χ3n) is 4.88. The van der Waals surface area contributed by atoms with Gasteiger partial charge in [0, 0.05) is 16.1 Å². The Bertz CT molecular complexity index is 860. The van der Waals surface area contributed by atoms with E-state index in [-0.39, 0.29) is 5.54 Å². The second-order valence-electron chi connectivity index (χ2n) is 6.33. The zero-order valence-electron chi connectivity index (χ0n) is 13.6. The summed E-state index contributed by atoms with van der Waals surface area (Å²) in [6.07, 6.45) is 0. The average molecular weight is 293 g/mol. The fourth-order valence-electron chi connectivity index (χ4n) is 3.75. The van der Waals surface area contributed by atoms with E-state index >= 15 is 0 Å². The van der Waals surface area contributed by atoms with Crippen molar-refractivity contribution in [2.75, 3.05) is 5.73 Å². The van der Waals surface area contributed by atoms with E-state index < -0.39 is 0 Å². The molecule has 1 aliphatic heterocycles. The van der Waals surface area contributed by atoms with Crippen molar-refractivity contribution < 1.29 is 0 Å². The summed E-state index contributed by atoms with van der Waals surface area (Å²) in [4.78, 5) is 0. The topological polar surface area (TPSA) is 64.1 Å².